The first-order valence-electron chi connectivity index (χ1n) is 9.82. The molecule has 3 rings (SSSR count). The number of hydrogen-bond acceptors (Lipinski definition) is 4. The molecule has 0 aliphatic heterocycles. The van der Waals surface area contributed by atoms with Gasteiger partial charge in [0.2, 0.25) is 5.88 Å². The Morgan fingerprint density at radius 1 is 0.933 bits per heavy atom. The van der Waals surface area contributed by atoms with E-state index in [9.17, 15) is 4.79 Å². The van der Waals surface area contributed by atoms with E-state index >= 15 is 0 Å². The number of carbonyl (C=O) groups is 1. The number of hydrogen-bond donors (Lipinski definition) is 1. The maximum absolute atomic E-state index is 10.6. The number of methoxy groups -OCH3 is 1. The Hall–Kier alpha value is -3.05. The highest BCUT2D eigenvalue weighted by atomic mass is 35.5. The van der Waals surface area contributed by atoms with Crippen molar-refractivity contribution in [2.24, 2.45) is 0 Å². The normalized spacial score (nSPS) is 10.6. The number of carboxylic acid groups (broad SMARTS) is 1. The molecular weight excluding hydrogens is 402 g/mol. The molecule has 0 bridgehead atoms. The van der Waals surface area contributed by atoms with Crippen molar-refractivity contribution in [3.05, 3.63) is 65.7 Å². The topological polar surface area (TPSA) is 68.7 Å². The van der Waals surface area contributed by atoms with E-state index in [0.717, 1.165) is 41.0 Å². The molecule has 3 aromatic rings. The first-order chi connectivity index (χ1) is 14.5. The molecule has 0 atom stereocenters. The minimum absolute atomic E-state index is 0.186. The third-order valence-corrected chi connectivity index (χ3v) is 4.90. The van der Waals surface area contributed by atoms with E-state index < -0.39 is 5.97 Å². The Kier molecular flexibility index (Phi) is 7.69. The van der Waals surface area contributed by atoms with Crippen molar-refractivity contribution in [2.75, 3.05) is 13.7 Å². The molecule has 0 saturated carbocycles. The number of halogens is 1. The lowest BCUT2D eigenvalue weighted by atomic mass is 10.0. The van der Waals surface area contributed by atoms with Gasteiger partial charge in [0, 0.05) is 23.1 Å². The molecule has 156 valence electrons. The van der Waals surface area contributed by atoms with Crippen LogP contribution >= 0.6 is 11.6 Å². The first-order valence-corrected chi connectivity index (χ1v) is 10.2. The number of unbranched alkanes of at least 4 members (excludes halogenated alkanes) is 2. The molecule has 5 nitrogen and oxygen atoms in total. The van der Waals surface area contributed by atoms with Gasteiger partial charge >= 0.3 is 5.97 Å². The average molecular weight is 426 g/mol. The zero-order valence-corrected chi connectivity index (χ0v) is 17.6. The van der Waals surface area contributed by atoms with Gasteiger partial charge in [-0.2, -0.15) is 0 Å². The van der Waals surface area contributed by atoms with Crippen molar-refractivity contribution < 1.29 is 19.4 Å². The molecule has 30 heavy (non-hydrogen) atoms. The van der Waals surface area contributed by atoms with E-state index in [1.54, 1.807) is 7.11 Å². The molecule has 0 aliphatic rings. The monoisotopic (exact) mass is 425 g/mol. The summed E-state index contributed by atoms with van der Waals surface area (Å²) in [6.45, 7) is 0.485. The summed E-state index contributed by atoms with van der Waals surface area (Å²) >= 11 is 6.03. The van der Waals surface area contributed by atoms with Gasteiger partial charge in [0.05, 0.1) is 19.4 Å². The predicted octanol–water partition coefficient (Wildman–Crippen LogP) is 6.10. The van der Waals surface area contributed by atoms with Crippen molar-refractivity contribution in [3.8, 4) is 34.0 Å². The zero-order chi connectivity index (χ0) is 21.3. The van der Waals surface area contributed by atoms with Crippen LogP contribution < -0.4 is 9.47 Å². The minimum Gasteiger partial charge on any atom is -0.497 e. The number of pyridine rings is 1. The van der Waals surface area contributed by atoms with Gasteiger partial charge in [-0.25, -0.2) is 4.98 Å². The fourth-order valence-electron chi connectivity index (χ4n) is 3.03. The number of nitrogens with zero attached hydrogens (tertiary/aromatic N) is 1. The first kappa shape index (κ1) is 21.7. The van der Waals surface area contributed by atoms with E-state index in [2.05, 4.69) is 4.98 Å². The Balaban J connectivity index is 1.80. The van der Waals surface area contributed by atoms with Crippen LogP contribution in [0.15, 0.2) is 60.7 Å². The van der Waals surface area contributed by atoms with Crippen LogP contribution in [0.25, 0.3) is 22.4 Å². The largest absolute Gasteiger partial charge is 0.497 e. The van der Waals surface area contributed by atoms with E-state index in [1.807, 2.05) is 60.7 Å². The maximum Gasteiger partial charge on any atom is 0.303 e. The summed E-state index contributed by atoms with van der Waals surface area (Å²) in [5, 5.41) is 9.40. The highest BCUT2D eigenvalue weighted by Gasteiger charge is 2.09. The molecular formula is C24H24ClNO4. The number of aliphatic carboxylic acids is 1. The molecule has 1 N–H and O–H groups in total. The minimum atomic E-state index is -0.766. The summed E-state index contributed by atoms with van der Waals surface area (Å²) in [6.07, 6.45) is 2.41. The van der Waals surface area contributed by atoms with Crippen molar-refractivity contribution in [1.82, 2.24) is 4.98 Å². The molecule has 2 aromatic carbocycles. The molecule has 1 heterocycles. The summed E-state index contributed by atoms with van der Waals surface area (Å²) in [4.78, 5) is 15.3. The number of carboxylic acids is 1. The van der Waals surface area contributed by atoms with Crippen LogP contribution in [0.2, 0.25) is 5.02 Å². The van der Waals surface area contributed by atoms with Crippen LogP contribution in [-0.4, -0.2) is 29.8 Å². The van der Waals surface area contributed by atoms with E-state index in [4.69, 9.17) is 26.2 Å². The number of rotatable bonds is 10. The lowest BCUT2D eigenvalue weighted by Crippen LogP contribution is -2.01. The second-order valence-corrected chi connectivity index (χ2v) is 7.30. The summed E-state index contributed by atoms with van der Waals surface area (Å²) < 4.78 is 11.1. The molecule has 0 spiro atoms. The zero-order valence-electron chi connectivity index (χ0n) is 16.8. The van der Waals surface area contributed by atoms with Crippen LogP contribution in [0.5, 0.6) is 11.6 Å². The summed E-state index contributed by atoms with van der Waals surface area (Å²) in [5.74, 6) is 0.550. The fourth-order valence-corrected chi connectivity index (χ4v) is 3.16. The van der Waals surface area contributed by atoms with Crippen LogP contribution in [0.3, 0.4) is 0 Å². The maximum atomic E-state index is 10.6. The lowest BCUT2D eigenvalue weighted by Gasteiger charge is -2.11. The van der Waals surface area contributed by atoms with Crippen molar-refractivity contribution in [3.63, 3.8) is 0 Å². The predicted molar refractivity (Wildman–Crippen MR) is 118 cm³/mol. The van der Waals surface area contributed by atoms with Crippen LogP contribution in [0.4, 0.5) is 0 Å². The fraction of sp³-hybridized carbons (Fsp3) is 0.250. The van der Waals surface area contributed by atoms with Crippen molar-refractivity contribution in [2.45, 2.75) is 25.7 Å². The number of ether oxygens (including phenoxy) is 2. The number of benzene rings is 2. The van der Waals surface area contributed by atoms with Gasteiger partial charge in [-0.1, -0.05) is 23.7 Å². The Morgan fingerprint density at radius 2 is 1.63 bits per heavy atom. The molecule has 0 aliphatic carbocycles. The third-order valence-electron chi connectivity index (χ3n) is 4.65. The lowest BCUT2D eigenvalue weighted by molar-refractivity contribution is -0.137. The molecule has 1 aromatic heterocycles. The van der Waals surface area contributed by atoms with Gasteiger partial charge in [0.1, 0.15) is 5.75 Å². The van der Waals surface area contributed by atoms with Gasteiger partial charge < -0.3 is 14.6 Å². The summed E-state index contributed by atoms with van der Waals surface area (Å²) in [5.41, 5.74) is 3.75. The highest BCUT2D eigenvalue weighted by molar-refractivity contribution is 6.30. The Morgan fingerprint density at radius 3 is 2.30 bits per heavy atom. The van der Waals surface area contributed by atoms with Gasteiger partial charge in [0.15, 0.2) is 0 Å². The molecule has 0 fully saturated rings. The number of aromatic nitrogens is 1. The molecule has 0 amide bonds. The SMILES string of the molecule is COc1ccc(-c2cc(-c3ccc(Cl)cc3)cc(OCCCCCC(=O)O)n2)cc1. The van der Waals surface area contributed by atoms with Crippen molar-refractivity contribution in [1.29, 1.82) is 0 Å². The summed E-state index contributed by atoms with van der Waals surface area (Å²) in [7, 11) is 1.64. The van der Waals surface area contributed by atoms with Crippen molar-refractivity contribution >= 4 is 17.6 Å². The van der Waals surface area contributed by atoms with Gasteiger partial charge in [-0.3, -0.25) is 4.79 Å². The van der Waals surface area contributed by atoms with Gasteiger partial charge in [-0.05, 0) is 72.9 Å². The summed E-state index contributed by atoms with van der Waals surface area (Å²) in [6, 6.07) is 19.3. The average Bonchev–Trinajstić information content (AvgIpc) is 2.76. The van der Waals surface area contributed by atoms with Crippen LogP contribution in [0, 0.1) is 0 Å². The second kappa shape index (κ2) is 10.6. The standard InChI is InChI=1S/C24H24ClNO4/c1-29-21-12-8-18(9-13-21)22-15-19(17-6-10-20(25)11-7-17)16-23(26-22)30-14-4-2-3-5-24(27)28/h6-13,15-16H,2-5,14H2,1H3,(H,27,28). The highest BCUT2D eigenvalue weighted by Crippen LogP contribution is 2.30. The molecule has 0 radical (unpaired) electrons. The third kappa shape index (κ3) is 6.22. The second-order valence-electron chi connectivity index (χ2n) is 6.87. The van der Waals surface area contributed by atoms with Crippen LogP contribution in [0.1, 0.15) is 25.7 Å². The van der Waals surface area contributed by atoms with E-state index in [1.165, 1.54) is 0 Å². The van der Waals surface area contributed by atoms with Gasteiger partial charge in [0.25, 0.3) is 0 Å². The van der Waals surface area contributed by atoms with E-state index in [-0.39, 0.29) is 6.42 Å². The quantitative estimate of drug-likeness (QED) is 0.397. The van der Waals surface area contributed by atoms with E-state index in [0.29, 0.717) is 23.9 Å². The van der Waals surface area contributed by atoms with Crippen LogP contribution in [-0.2, 0) is 4.79 Å². The van der Waals surface area contributed by atoms with Gasteiger partial charge in [-0.15, -0.1) is 0 Å². The smallest absolute Gasteiger partial charge is 0.303 e. The molecule has 6 heteroatoms. The molecule has 0 unspecified atom stereocenters. The molecule has 0 saturated heterocycles. The Labute approximate surface area is 181 Å². The Bertz CT molecular complexity index is 972.